The number of ether oxygens (including phenoxy) is 1. The molecule has 1 aliphatic rings. The zero-order valence-corrected chi connectivity index (χ0v) is 16.0. The Hall–Kier alpha value is -3.74. The highest BCUT2D eigenvalue weighted by molar-refractivity contribution is 5.89. The number of rotatable bonds is 6. The Kier molecular flexibility index (Phi) is 5.20. The number of anilines is 1. The van der Waals surface area contributed by atoms with Crippen molar-refractivity contribution in [2.75, 3.05) is 18.6 Å². The van der Waals surface area contributed by atoms with Crippen LogP contribution in [0.25, 0.3) is 5.82 Å². The molecule has 3 aromatic rings. The molecule has 1 amide bonds. The number of carbonyl (C=O) groups is 1. The van der Waals surface area contributed by atoms with Gasteiger partial charge in [0.1, 0.15) is 11.6 Å². The predicted octanol–water partition coefficient (Wildman–Crippen LogP) is 1.14. The van der Waals surface area contributed by atoms with Crippen molar-refractivity contribution in [2.24, 2.45) is 10.7 Å². The molecule has 2 heterocycles. The standard InChI is InChI=1S/C22H22N4O3/c1-28-17-9-7-16(8-10-17)26-19(23)18-12-14-29-22(18)25-20(26)21(27)24-13-11-15-5-3-2-4-6-15/h2-10,12,14,20H,11,13,23H2,1H3,(H,24,27). The molecule has 0 fully saturated rings. The summed E-state index contributed by atoms with van der Waals surface area (Å²) in [6.45, 7) is 0.496. The van der Waals surface area contributed by atoms with Gasteiger partial charge in [-0.25, -0.2) is 4.99 Å². The fraction of sp³-hybridized carbons (Fsp3) is 0.182. The number of amides is 1. The molecule has 0 saturated heterocycles. The zero-order chi connectivity index (χ0) is 20.2. The number of methoxy groups -OCH3 is 1. The number of carbonyl (C=O) groups excluding carboxylic acids is 1. The van der Waals surface area contributed by atoms with Crippen LogP contribution in [0.5, 0.6) is 5.75 Å². The molecule has 1 unspecified atom stereocenters. The number of furan rings is 1. The first-order chi connectivity index (χ1) is 14.2. The van der Waals surface area contributed by atoms with Crippen LogP contribution in [0.2, 0.25) is 0 Å². The van der Waals surface area contributed by atoms with Gasteiger partial charge >= 0.3 is 0 Å². The number of benzene rings is 2. The van der Waals surface area contributed by atoms with E-state index < -0.39 is 6.17 Å². The van der Waals surface area contributed by atoms with E-state index in [4.69, 9.17) is 14.9 Å². The first kappa shape index (κ1) is 18.6. The van der Waals surface area contributed by atoms with Gasteiger partial charge in [-0.05, 0) is 42.3 Å². The maximum Gasteiger partial charge on any atom is 0.265 e. The summed E-state index contributed by atoms with van der Waals surface area (Å²) in [6.07, 6.45) is 1.38. The Balaban J connectivity index is 1.59. The molecule has 0 aliphatic carbocycles. The summed E-state index contributed by atoms with van der Waals surface area (Å²) >= 11 is 0. The third-order valence-electron chi connectivity index (χ3n) is 4.81. The van der Waals surface area contributed by atoms with E-state index in [-0.39, 0.29) is 5.91 Å². The fourth-order valence-corrected chi connectivity index (χ4v) is 3.29. The van der Waals surface area contributed by atoms with Gasteiger partial charge in [-0.3, -0.25) is 9.69 Å². The van der Waals surface area contributed by atoms with Gasteiger partial charge in [-0.2, -0.15) is 0 Å². The Morgan fingerprint density at radius 1 is 1.17 bits per heavy atom. The Bertz CT molecular complexity index is 1110. The minimum atomic E-state index is -0.863. The summed E-state index contributed by atoms with van der Waals surface area (Å²) in [5.41, 5.74) is 8.64. The number of nitrogens with two attached hydrogens (primary N) is 1. The van der Waals surface area contributed by atoms with Crippen molar-refractivity contribution in [2.45, 2.75) is 12.6 Å². The second kappa shape index (κ2) is 8.10. The van der Waals surface area contributed by atoms with Crippen molar-refractivity contribution in [3.63, 3.8) is 0 Å². The van der Waals surface area contributed by atoms with E-state index in [1.54, 1.807) is 18.1 Å². The van der Waals surface area contributed by atoms with Gasteiger partial charge in [0, 0.05) is 12.2 Å². The van der Waals surface area contributed by atoms with E-state index in [9.17, 15) is 4.79 Å². The van der Waals surface area contributed by atoms with Crippen molar-refractivity contribution < 1.29 is 13.9 Å². The molecule has 7 heteroatoms. The summed E-state index contributed by atoms with van der Waals surface area (Å²) in [4.78, 5) is 19.2. The quantitative estimate of drug-likeness (QED) is 0.658. The lowest BCUT2D eigenvalue weighted by atomic mass is 10.1. The predicted molar refractivity (Wildman–Crippen MR) is 110 cm³/mol. The van der Waals surface area contributed by atoms with Crippen LogP contribution in [0, 0.1) is 0 Å². The highest BCUT2D eigenvalue weighted by atomic mass is 16.5. The van der Waals surface area contributed by atoms with Gasteiger partial charge in [0.25, 0.3) is 5.91 Å². The van der Waals surface area contributed by atoms with Crippen molar-refractivity contribution >= 4 is 17.4 Å². The first-order valence-electron chi connectivity index (χ1n) is 9.33. The number of nitrogens with one attached hydrogen (secondary N) is 1. The summed E-state index contributed by atoms with van der Waals surface area (Å²) in [6, 6.07) is 19.1. The second-order valence-electron chi connectivity index (χ2n) is 6.62. The molecular weight excluding hydrogens is 368 g/mol. The SMILES string of the molecule is COc1ccc(N2C(N)=c3ccoc3=NC2C(=O)NCCc2ccccc2)cc1. The van der Waals surface area contributed by atoms with Crippen LogP contribution in [-0.4, -0.2) is 25.7 Å². The van der Waals surface area contributed by atoms with Gasteiger partial charge in [-0.1, -0.05) is 30.3 Å². The third kappa shape index (κ3) is 3.80. The molecule has 7 nitrogen and oxygen atoms in total. The summed E-state index contributed by atoms with van der Waals surface area (Å²) in [5.74, 6) is 0.882. The molecule has 148 valence electrons. The molecule has 1 atom stereocenters. The van der Waals surface area contributed by atoms with E-state index in [1.165, 1.54) is 6.26 Å². The molecule has 0 spiro atoms. The number of nitrogens with zero attached hydrogens (tertiary/aromatic N) is 2. The number of fused-ring (bicyclic) bond motifs is 1. The van der Waals surface area contributed by atoms with Crippen LogP contribution in [0.3, 0.4) is 0 Å². The molecular formula is C22H22N4O3. The molecule has 4 rings (SSSR count). The van der Waals surface area contributed by atoms with Gasteiger partial charge < -0.3 is 20.2 Å². The summed E-state index contributed by atoms with van der Waals surface area (Å²) in [7, 11) is 1.60. The van der Waals surface area contributed by atoms with Gasteiger partial charge in [0.05, 0.1) is 18.6 Å². The van der Waals surface area contributed by atoms with E-state index in [0.717, 1.165) is 17.7 Å². The highest BCUT2D eigenvalue weighted by Gasteiger charge is 2.31. The highest BCUT2D eigenvalue weighted by Crippen LogP contribution is 2.24. The van der Waals surface area contributed by atoms with Crippen LogP contribution in [0.1, 0.15) is 5.56 Å². The lowest BCUT2D eigenvalue weighted by Gasteiger charge is -2.31. The van der Waals surface area contributed by atoms with Gasteiger partial charge in [0.15, 0.2) is 0 Å². The number of hydrogen-bond donors (Lipinski definition) is 2. The molecule has 1 aliphatic heterocycles. The van der Waals surface area contributed by atoms with Crippen LogP contribution in [0.15, 0.2) is 76.3 Å². The maximum atomic E-state index is 13.0. The van der Waals surface area contributed by atoms with Crippen molar-refractivity contribution in [1.82, 2.24) is 5.32 Å². The molecule has 2 aromatic carbocycles. The van der Waals surface area contributed by atoms with Gasteiger partial charge in [0.2, 0.25) is 11.7 Å². The van der Waals surface area contributed by atoms with Crippen molar-refractivity contribution in [1.29, 1.82) is 0 Å². The minimum Gasteiger partial charge on any atom is -0.497 e. The summed E-state index contributed by atoms with van der Waals surface area (Å²) < 4.78 is 10.6. The zero-order valence-electron chi connectivity index (χ0n) is 16.0. The van der Waals surface area contributed by atoms with E-state index in [1.807, 2.05) is 54.6 Å². The molecule has 29 heavy (non-hydrogen) atoms. The maximum absolute atomic E-state index is 13.0. The second-order valence-corrected chi connectivity index (χ2v) is 6.62. The lowest BCUT2D eigenvalue weighted by Crippen LogP contribution is -2.54. The Morgan fingerprint density at radius 3 is 2.66 bits per heavy atom. The average Bonchev–Trinajstić information content (AvgIpc) is 3.24. The van der Waals surface area contributed by atoms with Crippen LogP contribution >= 0.6 is 0 Å². The average molecular weight is 390 g/mol. The molecule has 1 aromatic heterocycles. The third-order valence-corrected chi connectivity index (χ3v) is 4.81. The normalized spacial score (nSPS) is 15.4. The van der Waals surface area contributed by atoms with E-state index in [0.29, 0.717) is 28.9 Å². The monoisotopic (exact) mass is 390 g/mol. The molecule has 3 N–H and O–H groups in total. The van der Waals surface area contributed by atoms with Crippen LogP contribution in [-0.2, 0) is 11.2 Å². The fourth-order valence-electron chi connectivity index (χ4n) is 3.29. The summed E-state index contributed by atoms with van der Waals surface area (Å²) in [5, 5.41) is 3.62. The Labute approximate surface area is 168 Å². The van der Waals surface area contributed by atoms with Crippen LogP contribution in [0.4, 0.5) is 5.69 Å². The van der Waals surface area contributed by atoms with Gasteiger partial charge in [-0.15, -0.1) is 0 Å². The first-order valence-corrected chi connectivity index (χ1v) is 9.33. The topological polar surface area (TPSA) is 93.1 Å². The van der Waals surface area contributed by atoms with Crippen molar-refractivity contribution in [3.05, 3.63) is 83.3 Å². The van der Waals surface area contributed by atoms with E-state index in [2.05, 4.69) is 10.3 Å². The Morgan fingerprint density at radius 2 is 1.93 bits per heavy atom. The largest absolute Gasteiger partial charge is 0.497 e. The number of hydrogen-bond acceptors (Lipinski definition) is 6. The van der Waals surface area contributed by atoms with E-state index >= 15 is 0 Å². The van der Waals surface area contributed by atoms with Crippen LogP contribution < -0.4 is 31.5 Å². The smallest absolute Gasteiger partial charge is 0.265 e. The molecule has 0 bridgehead atoms. The van der Waals surface area contributed by atoms with Crippen molar-refractivity contribution in [3.8, 4) is 5.75 Å². The molecule has 0 radical (unpaired) electrons. The lowest BCUT2D eigenvalue weighted by molar-refractivity contribution is -0.122. The minimum absolute atomic E-state index is 0.248. The molecule has 0 saturated carbocycles.